The number of H-pyrrole nitrogens is 1. The number of aromatic nitrogens is 4. The number of aryl methyl sites for hydroxylation is 2. The molecule has 0 atom stereocenters. The first kappa shape index (κ1) is 10.7. The van der Waals surface area contributed by atoms with Crippen molar-refractivity contribution in [3.05, 3.63) is 28.7 Å². The van der Waals surface area contributed by atoms with Crippen LogP contribution in [-0.4, -0.2) is 25.9 Å². The summed E-state index contributed by atoms with van der Waals surface area (Å²) in [7, 11) is 1.65. The zero-order valence-electron chi connectivity index (χ0n) is 8.78. The third kappa shape index (κ3) is 1.92. The van der Waals surface area contributed by atoms with Gasteiger partial charge in [-0.25, -0.2) is 0 Å². The number of aromatic amines is 1. The van der Waals surface area contributed by atoms with E-state index in [2.05, 4.69) is 20.6 Å². The second kappa shape index (κ2) is 3.97. The average molecular weight is 240 g/mol. The fraction of sp³-hybridized carbons (Fsp3) is 0.222. The van der Waals surface area contributed by atoms with Crippen LogP contribution in [0, 0.1) is 6.92 Å². The molecule has 16 heavy (non-hydrogen) atoms. The van der Waals surface area contributed by atoms with Crippen LogP contribution in [0.5, 0.6) is 0 Å². The Bertz CT molecular complexity index is 510. The van der Waals surface area contributed by atoms with Crippen molar-refractivity contribution in [1.82, 2.24) is 20.0 Å². The number of halogens is 1. The topological polar surface area (TPSA) is 75.6 Å². The fourth-order valence-corrected chi connectivity index (χ4v) is 1.58. The molecule has 2 rings (SSSR count). The lowest BCUT2D eigenvalue weighted by atomic mass is 10.4. The van der Waals surface area contributed by atoms with Gasteiger partial charge in [0.05, 0.1) is 11.2 Å². The first-order valence-corrected chi connectivity index (χ1v) is 4.96. The standard InChI is InChI=1S/C9H10ClN5O/c1-5-3-7(14-13-5)12-9(16)8-6(10)4-11-15(8)2/h3-4H,1-2H3,(H2,12,13,14,16). The molecular weight excluding hydrogens is 230 g/mol. The van der Waals surface area contributed by atoms with Crippen LogP contribution in [-0.2, 0) is 7.05 Å². The van der Waals surface area contributed by atoms with Crippen LogP contribution in [0.15, 0.2) is 12.3 Å². The van der Waals surface area contributed by atoms with Gasteiger partial charge in [-0.05, 0) is 6.92 Å². The lowest BCUT2D eigenvalue weighted by Crippen LogP contribution is -2.16. The van der Waals surface area contributed by atoms with Gasteiger partial charge < -0.3 is 5.32 Å². The Kier molecular flexibility index (Phi) is 2.66. The van der Waals surface area contributed by atoms with Crippen molar-refractivity contribution in [3.8, 4) is 0 Å². The van der Waals surface area contributed by atoms with Gasteiger partial charge in [0, 0.05) is 18.8 Å². The van der Waals surface area contributed by atoms with Gasteiger partial charge in [0.15, 0.2) is 5.82 Å². The Morgan fingerprint density at radius 1 is 1.62 bits per heavy atom. The highest BCUT2D eigenvalue weighted by atomic mass is 35.5. The molecule has 84 valence electrons. The van der Waals surface area contributed by atoms with Crippen LogP contribution >= 0.6 is 11.6 Å². The van der Waals surface area contributed by atoms with Gasteiger partial charge in [0.2, 0.25) is 0 Å². The first-order valence-electron chi connectivity index (χ1n) is 4.59. The maximum Gasteiger partial charge on any atom is 0.276 e. The number of hydrogen-bond acceptors (Lipinski definition) is 3. The Balaban J connectivity index is 2.21. The molecule has 2 heterocycles. The maximum atomic E-state index is 11.8. The molecule has 0 aliphatic rings. The zero-order valence-corrected chi connectivity index (χ0v) is 9.54. The van der Waals surface area contributed by atoms with Crippen molar-refractivity contribution in [2.24, 2.45) is 7.05 Å². The fourth-order valence-electron chi connectivity index (χ4n) is 1.32. The molecule has 7 heteroatoms. The minimum atomic E-state index is -0.337. The SMILES string of the molecule is Cc1cc(NC(=O)c2c(Cl)cnn2C)n[nH]1. The van der Waals surface area contributed by atoms with Crippen molar-refractivity contribution in [2.75, 3.05) is 5.32 Å². The number of nitrogens with one attached hydrogen (secondary N) is 2. The molecule has 0 saturated carbocycles. The van der Waals surface area contributed by atoms with Crippen molar-refractivity contribution in [2.45, 2.75) is 6.92 Å². The summed E-state index contributed by atoms with van der Waals surface area (Å²) < 4.78 is 1.41. The molecule has 0 fully saturated rings. The first-order chi connectivity index (χ1) is 7.58. The molecule has 0 spiro atoms. The number of carbonyl (C=O) groups is 1. The lowest BCUT2D eigenvalue weighted by molar-refractivity contribution is 0.101. The van der Waals surface area contributed by atoms with E-state index >= 15 is 0 Å². The van der Waals surface area contributed by atoms with Gasteiger partial charge in [-0.3, -0.25) is 14.6 Å². The third-order valence-electron chi connectivity index (χ3n) is 2.06. The average Bonchev–Trinajstić information content (AvgIpc) is 2.74. The van der Waals surface area contributed by atoms with Crippen LogP contribution in [0.3, 0.4) is 0 Å². The molecule has 0 saturated heterocycles. The summed E-state index contributed by atoms with van der Waals surface area (Å²) in [6, 6.07) is 1.72. The Morgan fingerprint density at radius 3 is 2.88 bits per heavy atom. The highest BCUT2D eigenvalue weighted by Gasteiger charge is 2.16. The molecular formula is C9H10ClN5O. The molecule has 0 aliphatic carbocycles. The van der Waals surface area contributed by atoms with E-state index in [0.29, 0.717) is 16.5 Å². The molecule has 0 radical (unpaired) electrons. The normalized spacial score (nSPS) is 10.4. The largest absolute Gasteiger partial charge is 0.304 e. The van der Waals surface area contributed by atoms with E-state index in [1.165, 1.54) is 10.9 Å². The highest BCUT2D eigenvalue weighted by molar-refractivity contribution is 6.34. The minimum absolute atomic E-state index is 0.308. The Morgan fingerprint density at radius 2 is 2.38 bits per heavy atom. The van der Waals surface area contributed by atoms with Gasteiger partial charge in [0.25, 0.3) is 5.91 Å². The van der Waals surface area contributed by atoms with Crippen molar-refractivity contribution in [1.29, 1.82) is 0 Å². The van der Waals surface area contributed by atoms with Crippen molar-refractivity contribution >= 4 is 23.3 Å². The molecule has 1 amide bonds. The van der Waals surface area contributed by atoms with Crippen LogP contribution in [0.1, 0.15) is 16.2 Å². The summed E-state index contributed by atoms with van der Waals surface area (Å²) in [6.07, 6.45) is 1.42. The van der Waals surface area contributed by atoms with E-state index in [4.69, 9.17) is 11.6 Å². The van der Waals surface area contributed by atoms with Gasteiger partial charge in [-0.1, -0.05) is 11.6 Å². The second-order valence-corrected chi connectivity index (χ2v) is 3.76. The summed E-state index contributed by atoms with van der Waals surface area (Å²) in [5.74, 6) is 0.122. The van der Waals surface area contributed by atoms with Crippen LogP contribution < -0.4 is 5.32 Å². The van der Waals surface area contributed by atoms with E-state index < -0.39 is 0 Å². The second-order valence-electron chi connectivity index (χ2n) is 3.36. The maximum absolute atomic E-state index is 11.8. The number of nitrogens with zero attached hydrogens (tertiary/aromatic N) is 3. The predicted octanol–water partition coefficient (Wildman–Crippen LogP) is 1.36. The van der Waals surface area contributed by atoms with Crippen LogP contribution in [0.25, 0.3) is 0 Å². The van der Waals surface area contributed by atoms with Crippen molar-refractivity contribution < 1.29 is 4.79 Å². The zero-order chi connectivity index (χ0) is 11.7. The highest BCUT2D eigenvalue weighted by Crippen LogP contribution is 2.15. The van der Waals surface area contributed by atoms with Gasteiger partial charge in [0.1, 0.15) is 5.69 Å². The van der Waals surface area contributed by atoms with Crippen molar-refractivity contribution in [3.63, 3.8) is 0 Å². The molecule has 2 aromatic heterocycles. The summed E-state index contributed by atoms with van der Waals surface area (Å²) in [4.78, 5) is 11.8. The Labute approximate surface area is 96.6 Å². The van der Waals surface area contributed by atoms with Crippen LogP contribution in [0.2, 0.25) is 5.02 Å². The number of anilines is 1. The quantitative estimate of drug-likeness (QED) is 0.831. The molecule has 2 N–H and O–H groups in total. The van der Waals surface area contributed by atoms with Gasteiger partial charge >= 0.3 is 0 Å². The summed E-state index contributed by atoms with van der Waals surface area (Å²) in [6.45, 7) is 1.85. The molecule has 2 aromatic rings. The number of carbonyl (C=O) groups excluding carboxylic acids is 1. The van der Waals surface area contributed by atoms with E-state index in [1.807, 2.05) is 6.92 Å². The predicted molar refractivity (Wildman–Crippen MR) is 59.5 cm³/mol. The van der Waals surface area contributed by atoms with E-state index in [-0.39, 0.29) is 5.91 Å². The van der Waals surface area contributed by atoms with Gasteiger partial charge in [-0.15, -0.1) is 0 Å². The van der Waals surface area contributed by atoms with E-state index in [9.17, 15) is 4.79 Å². The third-order valence-corrected chi connectivity index (χ3v) is 2.33. The summed E-state index contributed by atoms with van der Waals surface area (Å²) in [5.41, 5.74) is 1.17. The van der Waals surface area contributed by atoms with E-state index in [0.717, 1.165) is 5.69 Å². The molecule has 0 unspecified atom stereocenters. The number of amides is 1. The Hall–Kier alpha value is -1.82. The van der Waals surface area contributed by atoms with Crippen LogP contribution in [0.4, 0.5) is 5.82 Å². The molecule has 0 bridgehead atoms. The molecule has 0 aromatic carbocycles. The summed E-state index contributed by atoms with van der Waals surface area (Å²) in [5, 5.41) is 13.4. The minimum Gasteiger partial charge on any atom is -0.304 e. The van der Waals surface area contributed by atoms with E-state index in [1.54, 1.807) is 13.1 Å². The molecule has 0 aliphatic heterocycles. The summed E-state index contributed by atoms with van der Waals surface area (Å²) >= 11 is 5.84. The number of rotatable bonds is 2. The van der Waals surface area contributed by atoms with Gasteiger partial charge in [-0.2, -0.15) is 10.2 Å². The lowest BCUT2D eigenvalue weighted by Gasteiger charge is -2.02. The smallest absolute Gasteiger partial charge is 0.276 e. The number of hydrogen-bond donors (Lipinski definition) is 2. The molecule has 6 nitrogen and oxygen atoms in total. The monoisotopic (exact) mass is 239 g/mol.